The number of carbonyl (C=O) groups excluding carboxylic acids is 2. The van der Waals surface area contributed by atoms with Crippen molar-refractivity contribution in [1.29, 1.82) is 0 Å². The molecule has 0 aromatic carbocycles. The lowest BCUT2D eigenvalue weighted by atomic mass is 9.74. The fraction of sp³-hybridized carbons (Fsp3) is 0.800. The molecule has 3 nitrogen and oxygen atoms in total. The Kier molecular flexibility index (Phi) is 2.74. The van der Waals surface area contributed by atoms with E-state index in [2.05, 4.69) is 0 Å². The van der Waals surface area contributed by atoms with Gasteiger partial charge in [0, 0.05) is 18.8 Å². The van der Waals surface area contributed by atoms with Gasteiger partial charge in [0.15, 0.2) is 11.9 Å². The van der Waals surface area contributed by atoms with E-state index < -0.39 is 6.10 Å². The first-order chi connectivity index (χ1) is 5.93. The Morgan fingerprint density at radius 2 is 2.15 bits per heavy atom. The van der Waals surface area contributed by atoms with Crippen molar-refractivity contribution in [1.82, 2.24) is 0 Å². The Balaban J connectivity index is 2.74. The van der Waals surface area contributed by atoms with Gasteiger partial charge in [-0.15, -0.1) is 0 Å². The zero-order valence-electron chi connectivity index (χ0n) is 8.42. The van der Waals surface area contributed by atoms with Crippen LogP contribution in [0.3, 0.4) is 0 Å². The van der Waals surface area contributed by atoms with Crippen molar-refractivity contribution in [3.05, 3.63) is 0 Å². The zero-order valence-corrected chi connectivity index (χ0v) is 8.42. The first-order valence-corrected chi connectivity index (χ1v) is 4.63. The molecule has 0 bridgehead atoms. The van der Waals surface area contributed by atoms with E-state index in [4.69, 9.17) is 4.74 Å². The van der Waals surface area contributed by atoms with Crippen LogP contribution in [0.2, 0.25) is 0 Å². The predicted molar refractivity (Wildman–Crippen MR) is 48.2 cm³/mol. The molecule has 0 N–H and O–H groups in total. The van der Waals surface area contributed by atoms with Gasteiger partial charge in [-0.2, -0.15) is 0 Å². The van der Waals surface area contributed by atoms with E-state index in [1.807, 2.05) is 13.8 Å². The molecular formula is C10H16O3. The normalized spacial score (nSPS) is 27.0. The number of esters is 1. The molecule has 0 radical (unpaired) electrons. The maximum absolute atomic E-state index is 11.5. The largest absolute Gasteiger partial charge is 0.454 e. The summed E-state index contributed by atoms with van der Waals surface area (Å²) >= 11 is 0. The number of Topliss-reactive ketones (excluding diaryl/α,β-unsaturated/α-hetero) is 1. The molecule has 74 valence electrons. The molecule has 1 fully saturated rings. The lowest BCUT2D eigenvalue weighted by Crippen LogP contribution is -2.43. The summed E-state index contributed by atoms with van der Waals surface area (Å²) in [6.45, 7) is 5.29. The molecule has 0 spiro atoms. The molecular weight excluding hydrogens is 168 g/mol. The maximum Gasteiger partial charge on any atom is 0.303 e. The molecule has 3 heteroatoms. The molecule has 0 aromatic heterocycles. The first kappa shape index (κ1) is 10.2. The van der Waals surface area contributed by atoms with Gasteiger partial charge in [-0.3, -0.25) is 9.59 Å². The smallest absolute Gasteiger partial charge is 0.303 e. The fourth-order valence-corrected chi connectivity index (χ4v) is 1.81. The summed E-state index contributed by atoms with van der Waals surface area (Å²) in [6, 6.07) is 0. The standard InChI is InChI=1S/C10H16O3/c1-7(11)13-9-8(12)5-4-6-10(9,2)3/h9H,4-6H2,1-3H3. The summed E-state index contributed by atoms with van der Waals surface area (Å²) in [5.74, 6) is -0.306. The van der Waals surface area contributed by atoms with Crippen LogP contribution < -0.4 is 0 Å². The lowest BCUT2D eigenvalue weighted by molar-refractivity contribution is -0.163. The van der Waals surface area contributed by atoms with Crippen LogP contribution in [0.5, 0.6) is 0 Å². The molecule has 1 aliphatic rings. The van der Waals surface area contributed by atoms with Crippen LogP contribution in [0.15, 0.2) is 0 Å². The van der Waals surface area contributed by atoms with Crippen molar-refractivity contribution in [3.63, 3.8) is 0 Å². The number of hydrogen-bond acceptors (Lipinski definition) is 3. The lowest BCUT2D eigenvalue weighted by Gasteiger charge is -2.36. The van der Waals surface area contributed by atoms with E-state index in [9.17, 15) is 9.59 Å². The highest BCUT2D eigenvalue weighted by atomic mass is 16.5. The van der Waals surface area contributed by atoms with Gasteiger partial charge in [0.1, 0.15) is 0 Å². The average Bonchev–Trinajstić information content (AvgIpc) is 1.96. The molecule has 0 aliphatic heterocycles. The summed E-state index contributed by atoms with van der Waals surface area (Å²) in [4.78, 5) is 22.2. The van der Waals surface area contributed by atoms with Gasteiger partial charge in [-0.1, -0.05) is 13.8 Å². The van der Waals surface area contributed by atoms with Gasteiger partial charge in [0.2, 0.25) is 0 Å². The van der Waals surface area contributed by atoms with Crippen molar-refractivity contribution in [2.24, 2.45) is 5.41 Å². The second-order valence-corrected chi connectivity index (χ2v) is 4.30. The number of ether oxygens (including phenoxy) is 1. The van der Waals surface area contributed by atoms with Crippen LogP contribution in [-0.2, 0) is 14.3 Å². The van der Waals surface area contributed by atoms with Crippen molar-refractivity contribution in [2.45, 2.75) is 46.1 Å². The third-order valence-corrected chi connectivity index (χ3v) is 2.53. The van der Waals surface area contributed by atoms with Gasteiger partial charge in [0.05, 0.1) is 0 Å². The molecule has 0 aromatic rings. The van der Waals surface area contributed by atoms with Gasteiger partial charge >= 0.3 is 5.97 Å². The van der Waals surface area contributed by atoms with Crippen LogP contribution in [0, 0.1) is 5.41 Å². The summed E-state index contributed by atoms with van der Waals surface area (Å²) in [5, 5.41) is 0. The summed E-state index contributed by atoms with van der Waals surface area (Å²) < 4.78 is 5.03. The molecule has 0 heterocycles. The summed E-state index contributed by atoms with van der Waals surface area (Å²) in [5.41, 5.74) is -0.193. The van der Waals surface area contributed by atoms with E-state index >= 15 is 0 Å². The Bertz CT molecular complexity index is 230. The van der Waals surface area contributed by atoms with Gasteiger partial charge in [0.25, 0.3) is 0 Å². The third kappa shape index (κ3) is 2.29. The molecule has 0 saturated heterocycles. The van der Waals surface area contributed by atoms with Crippen LogP contribution in [0.1, 0.15) is 40.0 Å². The van der Waals surface area contributed by atoms with Crippen molar-refractivity contribution in [3.8, 4) is 0 Å². The monoisotopic (exact) mass is 184 g/mol. The summed E-state index contributed by atoms with van der Waals surface area (Å²) in [6.07, 6.45) is 1.86. The van der Waals surface area contributed by atoms with E-state index in [0.29, 0.717) is 6.42 Å². The molecule has 0 amide bonds. The molecule has 1 saturated carbocycles. The highest BCUT2D eigenvalue weighted by Crippen LogP contribution is 2.35. The minimum atomic E-state index is -0.529. The second-order valence-electron chi connectivity index (χ2n) is 4.30. The summed E-state index contributed by atoms with van der Waals surface area (Å²) in [7, 11) is 0. The minimum Gasteiger partial charge on any atom is -0.454 e. The number of hydrogen-bond donors (Lipinski definition) is 0. The van der Waals surface area contributed by atoms with Crippen LogP contribution in [-0.4, -0.2) is 17.9 Å². The fourth-order valence-electron chi connectivity index (χ4n) is 1.81. The number of ketones is 1. The first-order valence-electron chi connectivity index (χ1n) is 4.63. The Morgan fingerprint density at radius 3 is 2.62 bits per heavy atom. The van der Waals surface area contributed by atoms with E-state index in [1.165, 1.54) is 6.92 Å². The number of carbonyl (C=O) groups is 2. The van der Waals surface area contributed by atoms with E-state index in [1.54, 1.807) is 0 Å². The predicted octanol–water partition coefficient (Wildman–Crippen LogP) is 1.70. The Hall–Kier alpha value is -0.860. The Morgan fingerprint density at radius 1 is 1.54 bits per heavy atom. The zero-order chi connectivity index (χ0) is 10.1. The van der Waals surface area contributed by atoms with Crippen LogP contribution >= 0.6 is 0 Å². The van der Waals surface area contributed by atoms with E-state index in [0.717, 1.165) is 12.8 Å². The van der Waals surface area contributed by atoms with Crippen molar-refractivity contribution < 1.29 is 14.3 Å². The van der Waals surface area contributed by atoms with Crippen LogP contribution in [0.25, 0.3) is 0 Å². The van der Waals surface area contributed by atoms with Gasteiger partial charge < -0.3 is 4.74 Å². The Labute approximate surface area is 78.5 Å². The highest BCUT2D eigenvalue weighted by Gasteiger charge is 2.40. The second kappa shape index (κ2) is 3.48. The van der Waals surface area contributed by atoms with Gasteiger partial charge in [-0.25, -0.2) is 0 Å². The third-order valence-electron chi connectivity index (χ3n) is 2.53. The van der Waals surface area contributed by atoms with Gasteiger partial charge in [-0.05, 0) is 12.8 Å². The molecule has 1 unspecified atom stereocenters. The molecule has 1 aliphatic carbocycles. The highest BCUT2D eigenvalue weighted by molar-refractivity contribution is 5.86. The van der Waals surface area contributed by atoms with Crippen molar-refractivity contribution in [2.75, 3.05) is 0 Å². The molecule has 1 atom stereocenters. The van der Waals surface area contributed by atoms with E-state index in [-0.39, 0.29) is 17.2 Å². The van der Waals surface area contributed by atoms with Crippen LogP contribution in [0.4, 0.5) is 0 Å². The molecule has 13 heavy (non-hydrogen) atoms. The number of rotatable bonds is 1. The minimum absolute atomic E-state index is 0.0615. The SMILES string of the molecule is CC(=O)OC1C(=O)CCCC1(C)C. The van der Waals surface area contributed by atoms with Crippen molar-refractivity contribution >= 4 is 11.8 Å². The topological polar surface area (TPSA) is 43.4 Å². The maximum atomic E-state index is 11.5. The molecule has 1 rings (SSSR count). The average molecular weight is 184 g/mol. The quantitative estimate of drug-likeness (QED) is 0.582.